The van der Waals surface area contributed by atoms with Crippen LogP contribution in [0.3, 0.4) is 0 Å². The smallest absolute Gasteiger partial charge is 0.417 e. The number of benzene rings is 2. The highest BCUT2D eigenvalue weighted by molar-refractivity contribution is 6.31. The summed E-state index contributed by atoms with van der Waals surface area (Å²) in [5.41, 5.74) is 0.666. The van der Waals surface area contributed by atoms with E-state index in [2.05, 4.69) is 10.6 Å². The summed E-state index contributed by atoms with van der Waals surface area (Å²) in [7, 11) is 3.20. The largest absolute Gasteiger partial charge is 0.493 e. The van der Waals surface area contributed by atoms with Crippen molar-refractivity contribution in [3.05, 3.63) is 52.5 Å². The Morgan fingerprint density at radius 2 is 1.83 bits per heavy atom. The molecule has 0 aliphatic carbocycles. The number of methoxy groups -OCH3 is 2. The van der Waals surface area contributed by atoms with Crippen molar-refractivity contribution in [3.63, 3.8) is 0 Å². The third-order valence-corrected chi connectivity index (χ3v) is 5.45. The molecule has 1 heterocycles. The molecule has 4 nitrogen and oxygen atoms in total. The Balaban J connectivity index is 1.65. The third-order valence-electron chi connectivity index (χ3n) is 5.12. The number of anilines is 1. The Hall–Kier alpha value is -2.12. The van der Waals surface area contributed by atoms with Crippen LogP contribution in [-0.4, -0.2) is 26.8 Å². The van der Waals surface area contributed by atoms with Crippen LogP contribution in [0.5, 0.6) is 11.5 Å². The molecule has 0 spiro atoms. The molecule has 0 bridgehead atoms. The van der Waals surface area contributed by atoms with Crippen molar-refractivity contribution in [2.45, 2.75) is 37.5 Å². The molecule has 2 unspecified atom stereocenters. The number of nitrogens with one attached hydrogen (secondary N) is 2. The standard InChI is InChI=1S/C21H24ClF3N2O2/c1-28-19-9-6-13(10-20(19)29-2)18-5-3-4-15(27-18)12-26-14-7-8-17(22)16(11-14)21(23,24)25/h6-11,15,18,26-27H,3-5,12H2,1-2H3. The Morgan fingerprint density at radius 1 is 1.07 bits per heavy atom. The number of rotatable bonds is 6. The van der Waals surface area contributed by atoms with Crippen molar-refractivity contribution >= 4 is 17.3 Å². The zero-order valence-corrected chi connectivity index (χ0v) is 17.0. The van der Waals surface area contributed by atoms with E-state index in [-0.39, 0.29) is 17.1 Å². The van der Waals surface area contributed by atoms with Gasteiger partial charge in [-0.3, -0.25) is 0 Å². The topological polar surface area (TPSA) is 42.5 Å². The lowest BCUT2D eigenvalue weighted by atomic mass is 9.93. The molecule has 0 amide bonds. The van der Waals surface area contributed by atoms with Gasteiger partial charge in [0.05, 0.1) is 24.8 Å². The number of ether oxygens (including phenoxy) is 2. The van der Waals surface area contributed by atoms with Gasteiger partial charge < -0.3 is 20.1 Å². The van der Waals surface area contributed by atoms with Crippen LogP contribution in [0.15, 0.2) is 36.4 Å². The molecule has 2 aromatic carbocycles. The molecule has 1 aliphatic rings. The van der Waals surface area contributed by atoms with Crippen LogP contribution in [-0.2, 0) is 6.18 Å². The van der Waals surface area contributed by atoms with Crippen molar-refractivity contribution in [3.8, 4) is 11.5 Å². The van der Waals surface area contributed by atoms with Crippen LogP contribution in [0.25, 0.3) is 0 Å². The fraction of sp³-hybridized carbons (Fsp3) is 0.429. The highest BCUT2D eigenvalue weighted by atomic mass is 35.5. The fourth-order valence-electron chi connectivity index (χ4n) is 3.61. The molecule has 2 atom stereocenters. The lowest BCUT2D eigenvalue weighted by Crippen LogP contribution is -2.41. The fourth-order valence-corrected chi connectivity index (χ4v) is 3.83. The first-order chi connectivity index (χ1) is 13.8. The van der Waals surface area contributed by atoms with Gasteiger partial charge in [-0.1, -0.05) is 17.7 Å². The Morgan fingerprint density at radius 3 is 2.52 bits per heavy atom. The molecule has 8 heteroatoms. The summed E-state index contributed by atoms with van der Waals surface area (Å²) in [6.07, 6.45) is -1.54. The SMILES string of the molecule is COc1ccc(C2CCCC(CNc3ccc(Cl)c(C(F)(F)F)c3)N2)cc1OC. The van der Waals surface area contributed by atoms with Crippen LogP contribution in [0, 0.1) is 0 Å². The summed E-state index contributed by atoms with van der Waals surface area (Å²) in [5.74, 6) is 1.35. The number of halogens is 4. The molecule has 29 heavy (non-hydrogen) atoms. The lowest BCUT2D eigenvalue weighted by molar-refractivity contribution is -0.137. The van der Waals surface area contributed by atoms with Crippen molar-refractivity contribution in [2.75, 3.05) is 26.1 Å². The van der Waals surface area contributed by atoms with E-state index in [1.165, 1.54) is 6.07 Å². The number of piperidine rings is 1. The minimum atomic E-state index is -4.48. The minimum Gasteiger partial charge on any atom is -0.493 e. The Bertz CT molecular complexity index is 845. The molecular formula is C21H24ClF3N2O2. The Kier molecular flexibility index (Phi) is 6.80. The monoisotopic (exact) mass is 428 g/mol. The van der Waals surface area contributed by atoms with Gasteiger partial charge >= 0.3 is 6.18 Å². The van der Waals surface area contributed by atoms with Gasteiger partial charge in [-0.05, 0) is 55.2 Å². The highest BCUT2D eigenvalue weighted by Crippen LogP contribution is 2.36. The molecule has 0 aromatic heterocycles. The summed E-state index contributed by atoms with van der Waals surface area (Å²) in [4.78, 5) is 0. The zero-order valence-electron chi connectivity index (χ0n) is 16.3. The first-order valence-electron chi connectivity index (χ1n) is 9.40. The number of alkyl halides is 3. The second-order valence-electron chi connectivity index (χ2n) is 7.03. The number of hydrogen-bond donors (Lipinski definition) is 2. The molecule has 1 saturated heterocycles. The van der Waals surface area contributed by atoms with Crippen molar-refractivity contribution < 1.29 is 22.6 Å². The summed E-state index contributed by atoms with van der Waals surface area (Å²) in [6, 6.07) is 10.0. The van der Waals surface area contributed by atoms with Gasteiger partial charge in [0.2, 0.25) is 0 Å². The zero-order chi connectivity index (χ0) is 21.0. The molecular weight excluding hydrogens is 405 g/mol. The summed E-state index contributed by atoms with van der Waals surface area (Å²) in [5, 5.41) is 6.38. The van der Waals surface area contributed by atoms with Gasteiger partial charge in [0.15, 0.2) is 11.5 Å². The van der Waals surface area contributed by atoms with E-state index in [0.29, 0.717) is 23.7 Å². The van der Waals surface area contributed by atoms with Crippen LogP contribution in [0.4, 0.5) is 18.9 Å². The molecule has 0 saturated carbocycles. The van der Waals surface area contributed by atoms with Gasteiger partial charge in [0, 0.05) is 24.3 Å². The van der Waals surface area contributed by atoms with Crippen LogP contribution in [0.1, 0.15) is 36.4 Å². The third kappa shape index (κ3) is 5.28. The quantitative estimate of drug-likeness (QED) is 0.622. The van der Waals surface area contributed by atoms with E-state index in [9.17, 15) is 13.2 Å². The second-order valence-corrected chi connectivity index (χ2v) is 7.44. The molecule has 158 valence electrons. The summed E-state index contributed by atoms with van der Waals surface area (Å²) < 4.78 is 49.8. The molecule has 0 radical (unpaired) electrons. The molecule has 1 fully saturated rings. The number of hydrogen-bond acceptors (Lipinski definition) is 4. The average molecular weight is 429 g/mol. The molecule has 2 N–H and O–H groups in total. The van der Waals surface area contributed by atoms with Gasteiger partial charge in [-0.15, -0.1) is 0 Å². The summed E-state index contributed by atoms with van der Waals surface area (Å²) in [6.45, 7) is 0.517. The predicted octanol–water partition coefficient (Wildman–Crippen LogP) is 5.67. The van der Waals surface area contributed by atoms with Gasteiger partial charge in [0.1, 0.15) is 0 Å². The molecule has 1 aliphatic heterocycles. The van der Waals surface area contributed by atoms with Crippen molar-refractivity contribution in [2.24, 2.45) is 0 Å². The average Bonchev–Trinajstić information content (AvgIpc) is 2.72. The predicted molar refractivity (Wildman–Crippen MR) is 108 cm³/mol. The Labute approximate surface area is 173 Å². The van der Waals surface area contributed by atoms with Crippen LogP contribution in [0.2, 0.25) is 5.02 Å². The van der Waals surface area contributed by atoms with Crippen molar-refractivity contribution in [1.29, 1.82) is 0 Å². The highest BCUT2D eigenvalue weighted by Gasteiger charge is 2.33. The van der Waals surface area contributed by atoms with E-state index in [1.807, 2.05) is 18.2 Å². The summed E-state index contributed by atoms with van der Waals surface area (Å²) >= 11 is 5.68. The first kappa shape index (κ1) is 21.6. The van der Waals surface area contributed by atoms with Crippen LogP contribution >= 0.6 is 11.6 Å². The first-order valence-corrected chi connectivity index (χ1v) is 9.78. The van der Waals surface area contributed by atoms with E-state index in [0.717, 1.165) is 30.9 Å². The maximum atomic E-state index is 13.0. The molecule has 3 rings (SSSR count). The van der Waals surface area contributed by atoms with E-state index in [1.54, 1.807) is 20.3 Å². The van der Waals surface area contributed by atoms with Crippen LogP contribution < -0.4 is 20.1 Å². The van der Waals surface area contributed by atoms with Gasteiger partial charge in [0.25, 0.3) is 0 Å². The van der Waals surface area contributed by atoms with Gasteiger partial charge in [-0.25, -0.2) is 0 Å². The maximum absolute atomic E-state index is 13.0. The minimum absolute atomic E-state index is 0.131. The normalized spacial score (nSPS) is 19.7. The maximum Gasteiger partial charge on any atom is 0.417 e. The van der Waals surface area contributed by atoms with Crippen molar-refractivity contribution in [1.82, 2.24) is 5.32 Å². The van der Waals surface area contributed by atoms with Gasteiger partial charge in [-0.2, -0.15) is 13.2 Å². The van der Waals surface area contributed by atoms with E-state index in [4.69, 9.17) is 21.1 Å². The molecule has 2 aromatic rings. The lowest BCUT2D eigenvalue weighted by Gasteiger charge is -2.32. The van der Waals surface area contributed by atoms with E-state index >= 15 is 0 Å². The van der Waals surface area contributed by atoms with E-state index < -0.39 is 11.7 Å². The second kappa shape index (κ2) is 9.13.